The van der Waals surface area contributed by atoms with Crippen molar-refractivity contribution in [3.63, 3.8) is 0 Å². The Labute approximate surface area is 191 Å². The maximum atomic E-state index is 9.00. The Morgan fingerprint density at radius 2 is 0.897 bits per heavy atom. The predicted octanol–water partition coefficient (Wildman–Crippen LogP) is 9.22. The molecule has 0 aromatic heterocycles. The minimum atomic E-state index is -1.25. The second-order valence-corrected chi connectivity index (χ2v) is 16.9. The van der Waals surface area contributed by atoms with Crippen LogP contribution in [0.2, 0.25) is 13.3 Å². The molecule has 0 rings (SSSR count). The van der Waals surface area contributed by atoms with E-state index in [9.17, 15) is 0 Å². The summed E-state index contributed by atoms with van der Waals surface area (Å²) in [5, 5.41) is 7.42. The first-order valence-electron chi connectivity index (χ1n) is 12.9. The number of unbranched alkanes of at least 4 members (excludes halogenated alkanes) is 3. The topological polar surface area (TPSA) is 37.3 Å². The van der Waals surface area contributed by atoms with Gasteiger partial charge in [-0.05, 0) is 0 Å². The average molecular weight is 518 g/mol. The van der Waals surface area contributed by atoms with Gasteiger partial charge in [0, 0.05) is 6.92 Å². The van der Waals surface area contributed by atoms with Crippen LogP contribution >= 0.6 is 0 Å². The third kappa shape index (κ3) is 21.3. The molecule has 0 aliphatic rings. The predicted molar refractivity (Wildman–Crippen MR) is 133 cm³/mol. The third-order valence-electron chi connectivity index (χ3n) is 6.36. The molecular weight excluding hydrogens is 463 g/mol. The van der Waals surface area contributed by atoms with Gasteiger partial charge in [-0.2, -0.15) is 0 Å². The molecular formula is C26H55O2Sn. The van der Waals surface area contributed by atoms with Gasteiger partial charge in [-0.25, -0.2) is 0 Å². The number of rotatable bonds is 18. The Morgan fingerprint density at radius 3 is 1.07 bits per heavy atom. The third-order valence-corrected chi connectivity index (χ3v) is 16.2. The van der Waals surface area contributed by atoms with Gasteiger partial charge in [0.25, 0.3) is 5.97 Å². The molecule has 0 aliphatic heterocycles. The number of hydrogen-bond donors (Lipinski definition) is 1. The molecule has 0 aromatic rings. The van der Waals surface area contributed by atoms with E-state index in [1.807, 2.05) is 0 Å². The summed E-state index contributed by atoms with van der Waals surface area (Å²) < 4.78 is 5.14. The van der Waals surface area contributed by atoms with E-state index in [4.69, 9.17) is 9.90 Å². The van der Waals surface area contributed by atoms with Gasteiger partial charge in [0.05, 0.1) is 0 Å². The van der Waals surface area contributed by atoms with Crippen LogP contribution in [-0.4, -0.2) is 30.8 Å². The zero-order valence-corrected chi connectivity index (χ0v) is 24.0. The van der Waals surface area contributed by atoms with Crippen molar-refractivity contribution in [2.24, 2.45) is 17.8 Å². The Bertz CT molecular complexity index is 299. The van der Waals surface area contributed by atoms with E-state index in [1.54, 1.807) is 13.3 Å². The van der Waals surface area contributed by atoms with E-state index in [-0.39, 0.29) is 0 Å². The fourth-order valence-corrected chi connectivity index (χ4v) is 16.9. The van der Waals surface area contributed by atoms with E-state index in [0.717, 1.165) is 24.7 Å². The number of carboxylic acids is 1. The molecule has 3 heteroatoms. The number of hydrogen-bond acceptors (Lipinski definition) is 1. The van der Waals surface area contributed by atoms with Gasteiger partial charge in [-0.3, -0.25) is 4.79 Å². The van der Waals surface area contributed by atoms with Crippen molar-refractivity contribution in [3.8, 4) is 0 Å². The van der Waals surface area contributed by atoms with Crippen molar-refractivity contribution in [2.75, 3.05) is 0 Å². The van der Waals surface area contributed by atoms with Crippen molar-refractivity contribution in [2.45, 2.75) is 139 Å². The summed E-state index contributed by atoms with van der Waals surface area (Å²) in [6.45, 7) is 15.6. The zero-order chi connectivity index (χ0) is 22.5. The molecule has 175 valence electrons. The fourth-order valence-electron chi connectivity index (χ4n) is 4.30. The van der Waals surface area contributed by atoms with Crippen molar-refractivity contribution in [3.05, 3.63) is 0 Å². The summed E-state index contributed by atoms with van der Waals surface area (Å²) in [7, 11) is 0. The average Bonchev–Trinajstić information content (AvgIpc) is 2.70. The second kappa shape index (κ2) is 22.9. The second-order valence-electron chi connectivity index (χ2n) is 9.13. The van der Waals surface area contributed by atoms with E-state index >= 15 is 0 Å². The van der Waals surface area contributed by atoms with Crippen LogP contribution in [0.1, 0.15) is 126 Å². The van der Waals surface area contributed by atoms with Crippen LogP contribution in [0.4, 0.5) is 0 Å². The standard InChI is InChI=1S/3C8H17.C2H4O2.Sn/c3*1-4-6-7-8(3)5-2;1-2(3)4;/h3*8H,3-7H2,1-2H3;1H3,(H,3,4);. The molecule has 0 amide bonds. The van der Waals surface area contributed by atoms with Crippen LogP contribution in [0.25, 0.3) is 0 Å². The molecule has 0 fully saturated rings. The van der Waals surface area contributed by atoms with E-state index in [0.29, 0.717) is 0 Å². The van der Waals surface area contributed by atoms with E-state index < -0.39 is 25.7 Å². The minimum absolute atomic E-state index is 0.833. The van der Waals surface area contributed by atoms with Crippen LogP contribution < -0.4 is 0 Å². The molecule has 3 unspecified atom stereocenters. The van der Waals surface area contributed by atoms with Gasteiger partial charge in [0.2, 0.25) is 0 Å². The Hall–Kier alpha value is 0.269. The van der Waals surface area contributed by atoms with Crippen molar-refractivity contribution < 1.29 is 9.90 Å². The summed E-state index contributed by atoms with van der Waals surface area (Å²) >= 11 is -1.25. The molecule has 29 heavy (non-hydrogen) atoms. The van der Waals surface area contributed by atoms with Gasteiger partial charge in [-0.15, -0.1) is 0 Å². The summed E-state index contributed by atoms with van der Waals surface area (Å²) in [6.07, 6.45) is 17.5. The van der Waals surface area contributed by atoms with Crippen LogP contribution in [0.5, 0.6) is 0 Å². The molecule has 0 bridgehead atoms. The van der Waals surface area contributed by atoms with Gasteiger partial charge < -0.3 is 5.11 Å². The SMILES string of the molecule is CC(=O)O.CCCCC(CC)[CH2][Sn]([CH2]C(CC)CCCC)[CH2]C(CC)CCCC. The molecule has 1 N–H and O–H groups in total. The summed E-state index contributed by atoms with van der Waals surface area (Å²) in [5.74, 6) is 2.38. The van der Waals surface area contributed by atoms with Crippen molar-refractivity contribution >= 4 is 25.7 Å². The Balaban J connectivity index is 0. The first-order valence-corrected chi connectivity index (χ1v) is 19.0. The Morgan fingerprint density at radius 1 is 0.655 bits per heavy atom. The molecule has 0 spiro atoms. The molecule has 1 radical (unpaired) electrons. The van der Waals surface area contributed by atoms with Gasteiger partial charge >= 0.3 is 169 Å². The normalized spacial score (nSPS) is 14.2. The van der Waals surface area contributed by atoms with Gasteiger partial charge in [0.15, 0.2) is 0 Å². The summed E-state index contributed by atoms with van der Waals surface area (Å²) in [4.78, 5) is 9.00. The van der Waals surface area contributed by atoms with E-state index in [2.05, 4.69) is 41.5 Å². The molecule has 0 aliphatic carbocycles. The van der Waals surface area contributed by atoms with Crippen molar-refractivity contribution in [1.29, 1.82) is 0 Å². The first kappa shape index (κ1) is 31.5. The molecule has 2 nitrogen and oxygen atoms in total. The number of carbonyl (C=O) groups is 1. The zero-order valence-electron chi connectivity index (χ0n) is 21.2. The van der Waals surface area contributed by atoms with Crippen LogP contribution in [0.15, 0.2) is 0 Å². The number of carboxylic acid groups (broad SMARTS) is 1. The van der Waals surface area contributed by atoms with E-state index in [1.165, 1.54) is 77.0 Å². The van der Waals surface area contributed by atoms with Gasteiger partial charge in [-0.1, -0.05) is 0 Å². The van der Waals surface area contributed by atoms with Gasteiger partial charge in [0.1, 0.15) is 0 Å². The molecule has 0 heterocycles. The van der Waals surface area contributed by atoms with Crippen LogP contribution in [0.3, 0.4) is 0 Å². The Kier molecular flexibility index (Phi) is 24.9. The number of aliphatic carboxylic acids is 1. The summed E-state index contributed by atoms with van der Waals surface area (Å²) in [5.41, 5.74) is 0. The van der Waals surface area contributed by atoms with Crippen molar-refractivity contribution in [1.82, 2.24) is 0 Å². The molecule has 0 aromatic carbocycles. The molecule has 3 atom stereocenters. The quantitative estimate of drug-likeness (QED) is 0.184. The van der Waals surface area contributed by atoms with Crippen LogP contribution in [-0.2, 0) is 4.79 Å². The fraction of sp³-hybridized carbons (Fsp3) is 0.962. The molecule has 0 saturated carbocycles. The maximum absolute atomic E-state index is 9.00. The molecule has 0 saturated heterocycles. The monoisotopic (exact) mass is 519 g/mol. The van der Waals surface area contributed by atoms with Crippen LogP contribution in [0, 0.1) is 17.8 Å². The summed E-state index contributed by atoms with van der Waals surface area (Å²) in [6, 6.07) is 0. The first-order chi connectivity index (χ1) is 13.9.